The summed E-state index contributed by atoms with van der Waals surface area (Å²) in [5.74, 6) is 0. The summed E-state index contributed by atoms with van der Waals surface area (Å²) in [6.45, 7) is 4.16. The van der Waals surface area contributed by atoms with Gasteiger partial charge >= 0.3 is 6.03 Å². The van der Waals surface area contributed by atoms with E-state index in [9.17, 15) is 10.1 Å². The Hall–Kier alpha value is -3.13. The van der Waals surface area contributed by atoms with Gasteiger partial charge in [-0.1, -0.05) is 62.4 Å². The van der Waals surface area contributed by atoms with Crippen LogP contribution >= 0.6 is 0 Å². The zero-order chi connectivity index (χ0) is 18.1. The second kappa shape index (κ2) is 9.24. The number of rotatable bonds is 6. The normalized spacial score (nSPS) is 11.7. The molecular weight excluding hydrogens is 312 g/mol. The fourth-order valence-corrected chi connectivity index (χ4v) is 2.30. The summed E-state index contributed by atoms with van der Waals surface area (Å²) in [7, 11) is 0. The van der Waals surface area contributed by atoms with Crippen LogP contribution in [0.5, 0.6) is 0 Å². The first-order valence-corrected chi connectivity index (χ1v) is 8.33. The Labute approximate surface area is 148 Å². The second-order valence-electron chi connectivity index (χ2n) is 5.60. The van der Waals surface area contributed by atoms with E-state index in [4.69, 9.17) is 0 Å². The number of carbonyl (C=O) groups is 1. The van der Waals surface area contributed by atoms with E-state index in [1.54, 1.807) is 6.21 Å². The number of urea groups is 1. The Morgan fingerprint density at radius 2 is 1.64 bits per heavy atom. The number of nitrogens with zero attached hydrogens (tertiary/aromatic N) is 2. The minimum absolute atomic E-state index is 0.521. The van der Waals surface area contributed by atoms with Gasteiger partial charge in [-0.2, -0.15) is 10.4 Å². The average Bonchev–Trinajstić information content (AvgIpc) is 2.66. The summed E-state index contributed by atoms with van der Waals surface area (Å²) in [6, 6.07) is 16.4. The fraction of sp³-hybridized carbons (Fsp3) is 0.250. The highest BCUT2D eigenvalue weighted by Crippen LogP contribution is 2.13. The van der Waals surface area contributed by atoms with Crippen molar-refractivity contribution in [3.05, 3.63) is 70.8 Å². The van der Waals surface area contributed by atoms with Gasteiger partial charge in [-0.3, -0.25) is 0 Å². The van der Waals surface area contributed by atoms with Gasteiger partial charge in [0, 0.05) is 0 Å². The molecule has 0 aliphatic carbocycles. The first-order chi connectivity index (χ1) is 12.2. The summed E-state index contributed by atoms with van der Waals surface area (Å²) in [5, 5.41) is 15.8. The molecule has 2 rings (SSSR count). The van der Waals surface area contributed by atoms with Crippen LogP contribution < -0.4 is 10.7 Å². The summed E-state index contributed by atoms with van der Waals surface area (Å²) in [5.41, 5.74) is 6.45. The monoisotopic (exact) mass is 334 g/mol. The van der Waals surface area contributed by atoms with Crippen LogP contribution in [-0.2, 0) is 12.8 Å². The number of benzene rings is 2. The van der Waals surface area contributed by atoms with Gasteiger partial charge in [0.05, 0.1) is 12.3 Å². The van der Waals surface area contributed by atoms with E-state index in [0.717, 1.165) is 24.0 Å². The van der Waals surface area contributed by atoms with Crippen LogP contribution in [0.25, 0.3) is 0 Å². The van der Waals surface area contributed by atoms with Crippen molar-refractivity contribution >= 4 is 12.2 Å². The molecule has 0 radical (unpaired) electrons. The summed E-state index contributed by atoms with van der Waals surface area (Å²) >= 11 is 0. The minimum atomic E-state index is -0.718. The molecule has 5 nitrogen and oxygen atoms in total. The average molecular weight is 334 g/mol. The number of hydrazone groups is 1. The van der Waals surface area contributed by atoms with Gasteiger partial charge in [0.15, 0.2) is 0 Å². The minimum Gasteiger partial charge on any atom is -0.317 e. The third kappa shape index (κ3) is 5.47. The molecule has 0 bridgehead atoms. The van der Waals surface area contributed by atoms with Crippen LogP contribution in [-0.4, -0.2) is 12.2 Å². The highest BCUT2D eigenvalue weighted by atomic mass is 16.2. The van der Waals surface area contributed by atoms with Gasteiger partial charge in [-0.25, -0.2) is 10.2 Å². The molecule has 2 N–H and O–H groups in total. The van der Waals surface area contributed by atoms with Crippen molar-refractivity contribution in [3.63, 3.8) is 0 Å². The van der Waals surface area contributed by atoms with Gasteiger partial charge in [-0.15, -0.1) is 0 Å². The van der Waals surface area contributed by atoms with Crippen LogP contribution in [0.1, 0.15) is 42.1 Å². The predicted molar refractivity (Wildman–Crippen MR) is 99.3 cm³/mol. The first kappa shape index (κ1) is 18.2. The Balaban J connectivity index is 1.90. The maximum atomic E-state index is 11.9. The van der Waals surface area contributed by atoms with Crippen LogP contribution in [0.15, 0.2) is 53.6 Å². The third-order valence-electron chi connectivity index (χ3n) is 3.89. The predicted octanol–water partition coefficient (Wildman–Crippen LogP) is 3.71. The second-order valence-corrected chi connectivity index (χ2v) is 5.60. The summed E-state index contributed by atoms with van der Waals surface area (Å²) < 4.78 is 0. The van der Waals surface area contributed by atoms with Crippen LogP contribution in [0, 0.1) is 11.3 Å². The Morgan fingerprint density at radius 3 is 2.16 bits per heavy atom. The molecule has 2 aromatic rings. The number of carbonyl (C=O) groups excluding carboxylic acids is 1. The molecule has 128 valence electrons. The lowest BCUT2D eigenvalue weighted by atomic mass is 10.0. The summed E-state index contributed by atoms with van der Waals surface area (Å²) in [4.78, 5) is 11.9. The van der Waals surface area contributed by atoms with Crippen LogP contribution in [0.3, 0.4) is 0 Å². The first-order valence-electron chi connectivity index (χ1n) is 8.33. The number of aryl methyl sites for hydroxylation is 2. The number of nitrogens with one attached hydrogen (secondary N) is 2. The van der Waals surface area contributed by atoms with Gasteiger partial charge in [0.2, 0.25) is 0 Å². The molecule has 0 aliphatic rings. The molecule has 5 heteroatoms. The smallest absolute Gasteiger partial charge is 0.317 e. The number of amides is 2. The van der Waals surface area contributed by atoms with Crippen molar-refractivity contribution in [1.29, 1.82) is 5.26 Å². The molecule has 0 heterocycles. The quantitative estimate of drug-likeness (QED) is 0.624. The van der Waals surface area contributed by atoms with Crippen molar-refractivity contribution in [2.24, 2.45) is 5.10 Å². The fourth-order valence-electron chi connectivity index (χ4n) is 2.30. The van der Waals surface area contributed by atoms with Crippen molar-refractivity contribution < 1.29 is 4.79 Å². The molecule has 0 fully saturated rings. The maximum Gasteiger partial charge on any atom is 0.336 e. The third-order valence-corrected chi connectivity index (χ3v) is 3.89. The van der Waals surface area contributed by atoms with E-state index >= 15 is 0 Å². The lowest BCUT2D eigenvalue weighted by Crippen LogP contribution is -2.34. The molecule has 0 saturated heterocycles. The van der Waals surface area contributed by atoms with Crippen molar-refractivity contribution in [2.45, 2.75) is 32.7 Å². The van der Waals surface area contributed by atoms with Crippen molar-refractivity contribution in [3.8, 4) is 6.07 Å². The molecule has 0 saturated carbocycles. The van der Waals surface area contributed by atoms with E-state index < -0.39 is 12.1 Å². The van der Waals surface area contributed by atoms with E-state index in [1.807, 2.05) is 48.5 Å². The molecular formula is C20H22N4O. The molecule has 0 aromatic heterocycles. The highest BCUT2D eigenvalue weighted by molar-refractivity contribution is 5.82. The summed E-state index contributed by atoms with van der Waals surface area (Å²) in [6.07, 6.45) is 3.47. The van der Waals surface area contributed by atoms with E-state index in [1.165, 1.54) is 11.1 Å². The van der Waals surface area contributed by atoms with E-state index in [0.29, 0.717) is 0 Å². The molecule has 2 amide bonds. The Morgan fingerprint density at radius 1 is 1.08 bits per heavy atom. The number of hydrogen-bond donors (Lipinski definition) is 2. The highest BCUT2D eigenvalue weighted by Gasteiger charge is 2.13. The largest absolute Gasteiger partial charge is 0.336 e. The van der Waals surface area contributed by atoms with Crippen LogP contribution in [0.4, 0.5) is 4.79 Å². The molecule has 25 heavy (non-hydrogen) atoms. The molecule has 1 atom stereocenters. The van der Waals surface area contributed by atoms with E-state index in [-0.39, 0.29) is 0 Å². The van der Waals surface area contributed by atoms with Crippen LogP contribution in [0.2, 0.25) is 0 Å². The molecule has 2 aromatic carbocycles. The zero-order valence-corrected chi connectivity index (χ0v) is 14.5. The van der Waals surface area contributed by atoms with Gasteiger partial charge in [0.25, 0.3) is 0 Å². The Kier molecular flexibility index (Phi) is 6.73. The van der Waals surface area contributed by atoms with Gasteiger partial charge in [0.1, 0.15) is 6.04 Å². The van der Waals surface area contributed by atoms with Gasteiger partial charge < -0.3 is 5.32 Å². The lowest BCUT2D eigenvalue weighted by molar-refractivity contribution is 0.239. The number of hydrogen-bond acceptors (Lipinski definition) is 3. The molecule has 0 aliphatic heterocycles. The van der Waals surface area contributed by atoms with Crippen molar-refractivity contribution in [1.82, 2.24) is 10.7 Å². The molecule has 0 spiro atoms. The topological polar surface area (TPSA) is 77.3 Å². The standard InChI is InChI=1S/C20H22N4O/c1-3-15-5-7-17(8-6-15)14-22-24-20(25)23-19(13-21)18-11-9-16(4-2)10-12-18/h5-12,14,19H,3-4H2,1-2H3,(H2,23,24,25). The lowest BCUT2D eigenvalue weighted by Gasteiger charge is -2.11. The van der Waals surface area contributed by atoms with Crippen molar-refractivity contribution in [2.75, 3.05) is 0 Å². The molecule has 1 unspecified atom stereocenters. The zero-order valence-electron chi connectivity index (χ0n) is 14.5. The maximum absolute atomic E-state index is 11.9. The van der Waals surface area contributed by atoms with Gasteiger partial charge in [-0.05, 0) is 35.1 Å². The Bertz CT molecular complexity index is 758. The number of nitriles is 1. The van der Waals surface area contributed by atoms with E-state index in [2.05, 4.69) is 35.8 Å². The SMILES string of the molecule is CCc1ccc(C=NNC(=O)NC(C#N)c2ccc(CC)cc2)cc1.